The number of nitriles is 1. The summed E-state index contributed by atoms with van der Waals surface area (Å²) >= 11 is 0. The van der Waals surface area contributed by atoms with Gasteiger partial charge in [0.1, 0.15) is 0 Å². The summed E-state index contributed by atoms with van der Waals surface area (Å²) in [6.07, 6.45) is 7.17. The van der Waals surface area contributed by atoms with Crippen LogP contribution in [-0.4, -0.2) is 13.1 Å². The number of nitrogens with one attached hydrogen (secondary N) is 1. The molecule has 2 nitrogen and oxygen atoms in total. The maximum Gasteiger partial charge on any atom is 0.0663 e. The Morgan fingerprint density at radius 1 is 1.45 bits per heavy atom. The van der Waals surface area contributed by atoms with Crippen molar-refractivity contribution in [3.05, 3.63) is 12.2 Å². The molecule has 0 unspecified atom stereocenters. The van der Waals surface area contributed by atoms with Crippen molar-refractivity contribution in [2.45, 2.75) is 19.3 Å². The molecule has 0 aromatic heterocycles. The molecule has 0 spiro atoms. The van der Waals surface area contributed by atoms with Crippen molar-refractivity contribution in [1.29, 1.82) is 5.26 Å². The number of hydrogen-bond acceptors (Lipinski definition) is 2. The molecule has 1 saturated heterocycles. The fraction of sp³-hybridized carbons (Fsp3) is 0.667. The summed E-state index contributed by atoms with van der Waals surface area (Å²) in [4.78, 5) is 0. The minimum atomic E-state index is 0.559. The molecule has 1 aliphatic heterocycles. The van der Waals surface area contributed by atoms with Crippen LogP contribution in [0.1, 0.15) is 19.3 Å². The summed E-state index contributed by atoms with van der Waals surface area (Å²) in [5.74, 6) is 0.713. The summed E-state index contributed by atoms with van der Waals surface area (Å²) in [5.41, 5.74) is 0. The summed E-state index contributed by atoms with van der Waals surface area (Å²) < 4.78 is 0. The van der Waals surface area contributed by atoms with Crippen molar-refractivity contribution < 1.29 is 0 Å². The first kappa shape index (κ1) is 8.29. The Morgan fingerprint density at radius 2 is 2.18 bits per heavy atom. The van der Waals surface area contributed by atoms with Gasteiger partial charge in [-0.1, -0.05) is 12.2 Å². The number of nitrogens with zero attached hydrogens (tertiary/aromatic N) is 1. The number of rotatable bonds is 2. The second-order valence-electron chi connectivity index (χ2n) is 2.88. The van der Waals surface area contributed by atoms with Crippen LogP contribution in [0.5, 0.6) is 0 Å². The highest BCUT2D eigenvalue weighted by Crippen LogP contribution is 2.12. The topological polar surface area (TPSA) is 35.8 Å². The van der Waals surface area contributed by atoms with Gasteiger partial charge in [0.2, 0.25) is 0 Å². The Bertz CT molecular complexity index is 161. The van der Waals surface area contributed by atoms with Crippen LogP contribution in [0.3, 0.4) is 0 Å². The van der Waals surface area contributed by atoms with E-state index < -0.39 is 0 Å². The molecule has 1 rings (SSSR count). The zero-order valence-corrected chi connectivity index (χ0v) is 6.71. The molecule has 0 amide bonds. The van der Waals surface area contributed by atoms with Crippen molar-refractivity contribution in [3.8, 4) is 6.07 Å². The molecule has 0 radical (unpaired) electrons. The SMILES string of the molecule is N#CC/C=C/C1CCNCC1. The first-order valence-corrected chi connectivity index (χ1v) is 4.18. The van der Waals surface area contributed by atoms with Crippen LogP contribution in [0, 0.1) is 17.2 Å². The van der Waals surface area contributed by atoms with E-state index in [1.165, 1.54) is 12.8 Å². The third-order valence-corrected chi connectivity index (χ3v) is 2.00. The molecule has 1 N–H and O–H groups in total. The molecule has 2 heteroatoms. The fourth-order valence-electron chi connectivity index (χ4n) is 1.35. The zero-order chi connectivity index (χ0) is 7.94. The molecule has 0 aromatic carbocycles. The van der Waals surface area contributed by atoms with E-state index in [1.54, 1.807) is 0 Å². The van der Waals surface area contributed by atoms with Gasteiger partial charge in [0.15, 0.2) is 0 Å². The molecular weight excluding hydrogens is 136 g/mol. The van der Waals surface area contributed by atoms with Crippen LogP contribution in [-0.2, 0) is 0 Å². The van der Waals surface area contributed by atoms with E-state index >= 15 is 0 Å². The van der Waals surface area contributed by atoms with E-state index in [4.69, 9.17) is 5.26 Å². The lowest BCUT2D eigenvalue weighted by Gasteiger charge is -2.18. The van der Waals surface area contributed by atoms with E-state index in [-0.39, 0.29) is 0 Å². The van der Waals surface area contributed by atoms with Crippen molar-refractivity contribution >= 4 is 0 Å². The lowest BCUT2D eigenvalue weighted by atomic mass is 9.97. The summed E-state index contributed by atoms with van der Waals surface area (Å²) in [6, 6.07) is 2.10. The maximum atomic E-state index is 8.28. The predicted molar refractivity (Wildman–Crippen MR) is 45.0 cm³/mol. The molecule has 0 aliphatic carbocycles. The third kappa shape index (κ3) is 3.20. The van der Waals surface area contributed by atoms with Crippen LogP contribution in [0.25, 0.3) is 0 Å². The zero-order valence-electron chi connectivity index (χ0n) is 6.71. The van der Waals surface area contributed by atoms with E-state index in [1.807, 2.05) is 6.08 Å². The lowest BCUT2D eigenvalue weighted by Crippen LogP contribution is -2.26. The number of hydrogen-bond donors (Lipinski definition) is 1. The maximum absolute atomic E-state index is 8.28. The minimum Gasteiger partial charge on any atom is -0.317 e. The minimum absolute atomic E-state index is 0.559. The monoisotopic (exact) mass is 150 g/mol. The molecule has 1 heterocycles. The van der Waals surface area contributed by atoms with Gasteiger partial charge in [0.25, 0.3) is 0 Å². The van der Waals surface area contributed by atoms with Crippen LogP contribution in [0.2, 0.25) is 0 Å². The molecule has 0 saturated carbocycles. The van der Waals surface area contributed by atoms with E-state index in [0.29, 0.717) is 12.3 Å². The summed E-state index contributed by atoms with van der Waals surface area (Å²) in [6.45, 7) is 2.25. The highest BCUT2D eigenvalue weighted by Gasteiger charge is 2.08. The lowest BCUT2D eigenvalue weighted by molar-refractivity contribution is 0.436. The second kappa shape index (κ2) is 4.92. The summed E-state index contributed by atoms with van der Waals surface area (Å²) in [5, 5.41) is 11.6. The van der Waals surface area contributed by atoms with Crippen LogP contribution < -0.4 is 5.32 Å². The second-order valence-corrected chi connectivity index (χ2v) is 2.88. The molecule has 0 bridgehead atoms. The molecule has 11 heavy (non-hydrogen) atoms. The Hall–Kier alpha value is -0.810. The van der Waals surface area contributed by atoms with Gasteiger partial charge >= 0.3 is 0 Å². The highest BCUT2D eigenvalue weighted by atomic mass is 14.9. The largest absolute Gasteiger partial charge is 0.317 e. The normalized spacial score (nSPS) is 20.3. The van der Waals surface area contributed by atoms with Gasteiger partial charge in [0.05, 0.1) is 12.5 Å². The Kier molecular flexibility index (Phi) is 3.71. The van der Waals surface area contributed by atoms with Gasteiger partial charge in [-0.2, -0.15) is 5.26 Å². The average molecular weight is 150 g/mol. The summed E-state index contributed by atoms with van der Waals surface area (Å²) in [7, 11) is 0. The predicted octanol–water partition coefficient (Wildman–Crippen LogP) is 1.46. The van der Waals surface area contributed by atoms with Crippen molar-refractivity contribution in [3.63, 3.8) is 0 Å². The van der Waals surface area contributed by atoms with Crippen LogP contribution in [0.15, 0.2) is 12.2 Å². The first-order valence-electron chi connectivity index (χ1n) is 4.18. The average Bonchev–Trinajstić information content (AvgIpc) is 2.07. The quantitative estimate of drug-likeness (QED) is 0.605. The smallest absolute Gasteiger partial charge is 0.0663 e. The van der Waals surface area contributed by atoms with Gasteiger partial charge in [0, 0.05) is 0 Å². The standard InChI is InChI=1S/C9H14N2/c10-6-2-1-3-9-4-7-11-8-5-9/h1,3,9,11H,2,4-5,7-8H2/b3-1+. The van der Waals surface area contributed by atoms with Gasteiger partial charge in [-0.15, -0.1) is 0 Å². The Balaban J connectivity index is 2.19. The first-order chi connectivity index (χ1) is 5.43. The van der Waals surface area contributed by atoms with Crippen molar-refractivity contribution in [2.75, 3.05) is 13.1 Å². The molecular formula is C9H14N2. The molecule has 0 atom stereocenters. The Morgan fingerprint density at radius 3 is 2.82 bits per heavy atom. The van der Waals surface area contributed by atoms with Crippen molar-refractivity contribution in [1.82, 2.24) is 5.32 Å². The van der Waals surface area contributed by atoms with Gasteiger partial charge < -0.3 is 5.32 Å². The molecule has 1 aliphatic rings. The number of piperidine rings is 1. The molecule has 0 aromatic rings. The van der Waals surface area contributed by atoms with Crippen molar-refractivity contribution in [2.24, 2.45) is 5.92 Å². The van der Waals surface area contributed by atoms with Crippen LogP contribution >= 0.6 is 0 Å². The Labute approximate surface area is 67.9 Å². The van der Waals surface area contributed by atoms with E-state index in [2.05, 4.69) is 17.5 Å². The fourth-order valence-corrected chi connectivity index (χ4v) is 1.35. The van der Waals surface area contributed by atoms with Crippen LogP contribution in [0.4, 0.5) is 0 Å². The van der Waals surface area contributed by atoms with Gasteiger partial charge in [-0.25, -0.2) is 0 Å². The third-order valence-electron chi connectivity index (χ3n) is 2.00. The highest BCUT2D eigenvalue weighted by molar-refractivity contribution is 4.95. The molecule has 1 fully saturated rings. The molecule has 60 valence electrons. The van der Waals surface area contributed by atoms with E-state index in [0.717, 1.165) is 13.1 Å². The number of allylic oxidation sites excluding steroid dienone is 2. The van der Waals surface area contributed by atoms with Gasteiger partial charge in [-0.05, 0) is 31.8 Å². The van der Waals surface area contributed by atoms with E-state index in [9.17, 15) is 0 Å². The van der Waals surface area contributed by atoms with Gasteiger partial charge in [-0.3, -0.25) is 0 Å².